The number of hydrogen-bond acceptors (Lipinski definition) is 4. The number of ether oxygens (including phenoxy) is 2. The highest BCUT2D eigenvalue weighted by atomic mass is 79.9. The molecule has 0 radical (unpaired) electrons. The van der Waals surface area contributed by atoms with E-state index in [0.29, 0.717) is 34.4 Å². The van der Waals surface area contributed by atoms with Crippen molar-refractivity contribution in [2.75, 3.05) is 18.5 Å². The van der Waals surface area contributed by atoms with Gasteiger partial charge >= 0.3 is 0 Å². The molecule has 0 atom stereocenters. The standard InChI is InChI=1S/C17H15BrFNO4/c1-2-23-16-7-11(9-21)3-6-15(16)24-10-17(22)20-14-5-4-12(18)8-13(14)19/h3-9H,2,10H2,1H3,(H,20,22). The third-order valence-electron chi connectivity index (χ3n) is 2.97. The molecule has 0 saturated carbocycles. The van der Waals surface area contributed by atoms with Crippen LogP contribution in [0.1, 0.15) is 17.3 Å². The molecule has 0 heterocycles. The van der Waals surface area contributed by atoms with Gasteiger partial charge in [-0.1, -0.05) is 15.9 Å². The number of anilines is 1. The van der Waals surface area contributed by atoms with Crippen molar-refractivity contribution in [3.8, 4) is 11.5 Å². The number of amides is 1. The Morgan fingerprint density at radius 2 is 2.00 bits per heavy atom. The SMILES string of the molecule is CCOc1cc(C=O)ccc1OCC(=O)Nc1ccc(Br)cc1F. The zero-order valence-corrected chi connectivity index (χ0v) is 14.4. The van der Waals surface area contributed by atoms with E-state index in [1.165, 1.54) is 18.2 Å². The van der Waals surface area contributed by atoms with Crippen LogP contribution in [0.5, 0.6) is 11.5 Å². The summed E-state index contributed by atoms with van der Waals surface area (Å²) >= 11 is 3.14. The maximum atomic E-state index is 13.7. The van der Waals surface area contributed by atoms with E-state index in [2.05, 4.69) is 21.2 Å². The number of nitrogens with one attached hydrogen (secondary N) is 1. The van der Waals surface area contributed by atoms with Crippen molar-refractivity contribution < 1.29 is 23.5 Å². The molecule has 1 amide bonds. The highest BCUT2D eigenvalue weighted by Gasteiger charge is 2.11. The summed E-state index contributed by atoms with van der Waals surface area (Å²) in [6.07, 6.45) is 0.690. The minimum atomic E-state index is -0.553. The fraction of sp³-hybridized carbons (Fsp3) is 0.176. The van der Waals surface area contributed by atoms with Crippen LogP contribution in [0.15, 0.2) is 40.9 Å². The summed E-state index contributed by atoms with van der Waals surface area (Å²) in [7, 11) is 0. The highest BCUT2D eigenvalue weighted by Crippen LogP contribution is 2.28. The largest absolute Gasteiger partial charge is 0.490 e. The van der Waals surface area contributed by atoms with Gasteiger partial charge in [0, 0.05) is 10.0 Å². The van der Waals surface area contributed by atoms with Gasteiger partial charge in [0.25, 0.3) is 5.91 Å². The van der Waals surface area contributed by atoms with Gasteiger partial charge in [-0.15, -0.1) is 0 Å². The van der Waals surface area contributed by atoms with E-state index in [1.54, 1.807) is 25.1 Å². The Hall–Kier alpha value is -2.41. The van der Waals surface area contributed by atoms with Crippen LogP contribution in [0, 0.1) is 5.82 Å². The monoisotopic (exact) mass is 395 g/mol. The molecule has 0 spiro atoms. The number of halogens is 2. The lowest BCUT2D eigenvalue weighted by atomic mass is 10.2. The third-order valence-corrected chi connectivity index (χ3v) is 3.46. The van der Waals surface area contributed by atoms with Crippen LogP contribution in [-0.2, 0) is 4.79 Å². The lowest BCUT2D eigenvalue weighted by Crippen LogP contribution is -2.21. The van der Waals surface area contributed by atoms with E-state index in [9.17, 15) is 14.0 Å². The average Bonchev–Trinajstić information content (AvgIpc) is 2.56. The molecule has 5 nitrogen and oxygen atoms in total. The molecule has 2 rings (SSSR count). The molecule has 0 aliphatic carbocycles. The van der Waals surface area contributed by atoms with Gasteiger partial charge in [-0.3, -0.25) is 9.59 Å². The summed E-state index contributed by atoms with van der Waals surface area (Å²) in [5, 5.41) is 2.42. The lowest BCUT2D eigenvalue weighted by Gasteiger charge is -2.12. The molecule has 2 aromatic carbocycles. The molecule has 0 unspecified atom stereocenters. The zero-order chi connectivity index (χ0) is 17.5. The predicted octanol–water partition coefficient (Wildman–Crippen LogP) is 3.82. The first-order valence-electron chi connectivity index (χ1n) is 7.13. The second-order valence-electron chi connectivity index (χ2n) is 4.72. The first kappa shape index (κ1) is 17.9. The van der Waals surface area contributed by atoms with Crippen molar-refractivity contribution in [2.45, 2.75) is 6.92 Å². The molecule has 126 valence electrons. The Kier molecular flexibility index (Phi) is 6.31. The van der Waals surface area contributed by atoms with Crippen LogP contribution in [0.4, 0.5) is 10.1 Å². The number of benzene rings is 2. The first-order chi connectivity index (χ1) is 11.5. The highest BCUT2D eigenvalue weighted by molar-refractivity contribution is 9.10. The van der Waals surface area contributed by atoms with Crippen LogP contribution in [-0.4, -0.2) is 25.4 Å². The van der Waals surface area contributed by atoms with E-state index < -0.39 is 11.7 Å². The maximum absolute atomic E-state index is 13.7. The van der Waals surface area contributed by atoms with Gasteiger partial charge in [0.1, 0.15) is 12.1 Å². The van der Waals surface area contributed by atoms with Gasteiger partial charge in [-0.05, 0) is 43.3 Å². The van der Waals surface area contributed by atoms with Crippen molar-refractivity contribution in [3.63, 3.8) is 0 Å². The summed E-state index contributed by atoms with van der Waals surface area (Å²) in [5.74, 6) is -0.375. The third kappa shape index (κ3) is 4.79. The molecule has 0 bridgehead atoms. The fourth-order valence-electron chi connectivity index (χ4n) is 1.91. The van der Waals surface area contributed by atoms with Gasteiger partial charge in [-0.2, -0.15) is 0 Å². The minimum absolute atomic E-state index is 0.0631. The Balaban J connectivity index is 2.02. The van der Waals surface area contributed by atoms with Gasteiger partial charge in [0.05, 0.1) is 12.3 Å². The molecule has 0 fully saturated rings. The predicted molar refractivity (Wildman–Crippen MR) is 91.2 cm³/mol. The Morgan fingerprint density at radius 3 is 2.67 bits per heavy atom. The number of carbonyl (C=O) groups excluding carboxylic acids is 2. The number of aldehydes is 1. The quantitative estimate of drug-likeness (QED) is 0.723. The normalized spacial score (nSPS) is 10.1. The Bertz CT molecular complexity index is 751. The van der Waals surface area contributed by atoms with Crippen molar-refractivity contribution >= 4 is 33.8 Å². The Morgan fingerprint density at radius 1 is 1.21 bits per heavy atom. The molecule has 0 aromatic heterocycles. The molecule has 1 N–H and O–H groups in total. The van der Waals surface area contributed by atoms with Crippen LogP contribution in [0.2, 0.25) is 0 Å². The summed E-state index contributed by atoms with van der Waals surface area (Å²) in [5.41, 5.74) is 0.500. The van der Waals surface area contributed by atoms with E-state index in [1.807, 2.05) is 0 Å². The van der Waals surface area contributed by atoms with Crippen LogP contribution >= 0.6 is 15.9 Å². The number of rotatable bonds is 7. The van der Waals surface area contributed by atoms with Crippen LogP contribution < -0.4 is 14.8 Å². The summed E-state index contributed by atoms with van der Waals surface area (Å²) in [4.78, 5) is 22.7. The van der Waals surface area contributed by atoms with Gasteiger partial charge in [0.15, 0.2) is 18.1 Å². The van der Waals surface area contributed by atoms with E-state index in [4.69, 9.17) is 9.47 Å². The molecule has 7 heteroatoms. The molecular weight excluding hydrogens is 381 g/mol. The van der Waals surface area contributed by atoms with Crippen molar-refractivity contribution in [1.82, 2.24) is 0 Å². The molecule has 0 aliphatic heterocycles. The van der Waals surface area contributed by atoms with E-state index in [-0.39, 0.29) is 12.3 Å². The molecule has 0 aliphatic rings. The van der Waals surface area contributed by atoms with E-state index in [0.717, 1.165) is 0 Å². The van der Waals surface area contributed by atoms with Crippen molar-refractivity contribution in [2.24, 2.45) is 0 Å². The number of hydrogen-bond donors (Lipinski definition) is 1. The van der Waals surface area contributed by atoms with Gasteiger partial charge in [0.2, 0.25) is 0 Å². The topological polar surface area (TPSA) is 64.6 Å². The van der Waals surface area contributed by atoms with Gasteiger partial charge in [-0.25, -0.2) is 4.39 Å². The van der Waals surface area contributed by atoms with Gasteiger partial charge < -0.3 is 14.8 Å². The summed E-state index contributed by atoms with van der Waals surface area (Å²) in [6.45, 7) is 1.85. The van der Waals surface area contributed by atoms with Crippen LogP contribution in [0.25, 0.3) is 0 Å². The zero-order valence-electron chi connectivity index (χ0n) is 12.8. The smallest absolute Gasteiger partial charge is 0.262 e. The lowest BCUT2D eigenvalue weighted by molar-refractivity contribution is -0.118. The van der Waals surface area contributed by atoms with Crippen molar-refractivity contribution in [3.05, 3.63) is 52.3 Å². The average molecular weight is 396 g/mol. The second kappa shape index (κ2) is 8.44. The van der Waals surface area contributed by atoms with E-state index >= 15 is 0 Å². The molecule has 0 saturated heterocycles. The number of carbonyl (C=O) groups is 2. The van der Waals surface area contributed by atoms with Crippen LogP contribution in [0.3, 0.4) is 0 Å². The molecule has 2 aromatic rings. The summed E-state index contributed by atoms with van der Waals surface area (Å²) in [6, 6.07) is 8.94. The molecular formula is C17H15BrFNO4. The molecule has 24 heavy (non-hydrogen) atoms. The minimum Gasteiger partial charge on any atom is -0.490 e. The Labute approximate surface area is 146 Å². The summed E-state index contributed by atoms with van der Waals surface area (Å²) < 4.78 is 25.0. The second-order valence-corrected chi connectivity index (χ2v) is 5.63. The maximum Gasteiger partial charge on any atom is 0.262 e. The first-order valence-corrected chi connectivity index (χ1v) is 7.92. The van der Waals surface area contributed by atoms with Crippen molar-refractivity contribution in [1.29, 1.82) is 0 Å². The fourth-order valence-corrected chi connectivity index (χ4v) is 2.24.